The monoisotopic (exact) mass is 378 g/mol. The Morgan fingerprint density at radius 1 is 1.38 bits per heavy atom. The highest BCUT2D eigenvalue weighted by Gasteiger charge is 2.22. The summed E-state index contributed by atoms with van der Waals surface area (Å²) in [6, 6.07) is 8.14. The Morgan fingerprint density at radius 3 is 2.43 bits per heavy atom. The van der Waals surface area contributed by atoms with E-state index >= 15 is 0 Å². The summed E-state index contributed by atoms with van der Waals surface area (Å²) in [5.74, 6) is -0.0347. The molecule has 0 aromatic heterocycles. The van der Waals surface area contributed by atoms with E-state index in [2.05, 4.69) is 47.2 Å². The predicted molar refractivity (Wildman–Crippen MR) is 91.9 cm³/mol. The molecule has 0 aliphatic carbocycles. The lowest BCUT2D eigenvalue weighted by molar-refractivity contribution is -0.123. The van der Waals surface area contributed by atoms with Crippen molar-refractivity contribution in [1.82, 2.24) is 5.32 Å². The third-order valence-corrected chi connectivity index (χ3v) is 3.89. The number of benzene rings is 1. The number of methoxy groups -OCH3 is 1. The highest BCUT2D eigenvalue weighted by atomic mass is 79.9. The lowest BCUT2D eigenvalue weighted by atomic mass is 9.84. The first-order valence-electron chi connectivity index (χ1n) is 6.64. The summed E-state index contributed by atoms with van der Waals surface area (Å²) in [7, 11) is 1.57. The molecule has 0 bridgehead atoms. The molecule has 0 saturated carbocycles. The number of rotatable bonds is 7. The number of hydrogen-bond donors (Lipinski definition) is 2. The van der Waals surface area contributed by atoms with Gasteiger partial charge in [0, 0.05) is 30.1 Å². The lowest BCUT2D eigenvalue weighted by Gasteiger charge is -2.26. The van der Waals surface area contributed by atoms with Gasteiger partial charge in [-0.15, -0.1) is 12.4 Å². The summed E-state index contributed by atoms with van der Waals surface area (Å²) in [6.07, 6.45) is 0.0782. The molecule has 0 aliphatic heterocycles. The third kappa shape index (κ3) is 6.78. The number of amides is 1. The standard InChI is InChI=1S/C15H23BrN2O2.ClH/c1-15(2,11-4-6-12(16)7-5-11)10-18-14(19)8-13(9-17)20-3;/h4-7,13H,8-10,17H2,1-3H3,(H,18,19);1H. The second-order valence-corrected chi connectivity index (χ2v) is 6.38. The van der Waals surface area contributed by atoms with Crippen molar-refractivity contribution in [3.05, 3.63) is 34.3 Å². The van der Waals surface area contributed by atoms with Gasteiger partial charge in [0.1, 0.15) is 0 Å². The smallest absolute Gasteiger partial charge is 0.222 e. The van der Waals surface area contributed by atoms with Crippen LogP contribution in [0.2, 0.25) is 0 Å². The van der Waals surface area contributed by atoms with Crippen molar-refractivity contribution < 1.29 is 9.53 Å². The number of carbonyl (C=O) groups excluding carboxylic acids is 1. The maximum Gasteiger partial charge on any atom is 0.222 e. The van der Waals surface area contributed by atoms with E-state index < -0.39 is 0 Å². The molecule has 0 radical (unpaired) electrons. The second kappa shape index (κ2) is 9.41. The molecule has 21 heavy (non-hydrogen) atoms. The first-order valence-corrected chi connectivity index (χ1v) is 7.44. The van der Waals surface area contributed by atoms with E-state index in [9.17, 15) is 4.79 Å². The highest BCUT2D eigenvalue weighted by molar-refractivity contribution is 9.10. The number of nitrogens with two attached hydrogens (primary N) is 1. The maximum absolute atomic E-state index is 11.8. The van der Waals surface area contributed by atoms with Crippen LogP contribution in [0.5, 0.6) is 0 Å². The molecule has 0 aliphatic rings. The van der Waals surface area contributed by atoms with Gasteiger partial charge in [0.15, 0.2) is 0 Å². The van der Waals surface area contributed by atoms with Gasteiger partial charge in [-0.05, 0) is 17.7 Å². The fourth-order valence-electron chi connectivity index (χ4n) is 1.86. The van der Waals surface area contributed by atoms with Crippen molar-refractivity contribution in [3.8, 4) is 0 Å². The van der Waals surface area contributed by atoms with Crippen LogP contribution in [-0.4, -0.2) is 32.2 Å². The van der Waals surface area contributed by atoms with Crippen molar-refractivity contribution in [2.75, 3.05) is 20.2 Å². The molecule has 1 atom stereocenters. The van der Waals surface area contributed by atoms with Crippen LogP contribution in [0.3, 0.4) is 0 Å². The molecule has 0 spiro atoms. The third-order valence-electron chi connectivity index (χ3n) is 3.36. The van der Waals surface area contributed by atoms with E-state index in [4.69, 9.17) is 10.5 Å². The maximum atomic E-state index is 11.8. The van der Waals surface area contributed by atoms with Gasteiger partial charge in [0.05, 0.1) is 12.5 Å². The minimum atomic E-state index is -0.217. The molecular weight excluding hydrogens is 356 g/mol. The molecule has 6 heteroatoms. The van der Waals surface area contributed by atoms with Crippen LogP contribution in [0.15, 0.2) is 28.7 Å². The molecule has 1 amide bonds. The molecule has 0 heterocycles. The van der Waals surface area contributed by atoms with Crippen molar-refractivity contribution in [3.63, 3.8) is 0 Å². The molecule has 1 unspecified atom stereocenters. The topological polar surface area (TPSA) is 64.3 Å². The minimum absolute atomic E-state index is 0. The van der Waals surface area contributed by atoms with Crippen LogP contribution in [0.1, 0.15) is 25.8 Å². The molecule has 1 rings (SSSR count). The Morgan fingerprint density at radius 2 is 1.95 bits per heavy atom. The SMILES string of the molecule is COC(CN)CC(=O)NCC(C)(C)c1ccc(Br)cc1.Cl. The summed E-state index contributed by atoms with van der Waals surface area (Å²) in [5.41, 5.74) is 6.57. The van der Waals surface area contributed by atoms with Gasteiger partial charge in [-0.2, -0.15) is 0 Å². The van der Waals surface area contributed by atoms with Crippen LogP contribution >= 0.6 is 28.3 Å². The van der Waals surface area contributed by atoms with E-state index in [1.807, 2.05) is 12.1 Å². The summed E-state index contributed by atoms with van der Waals surface area (Å²) >= 11 is 3.42. The predicted octanol–water partition coefficient (Wildman–Crippen LogP) is 2.63. The summed E-state index contributed by atoms with van der Waals surface area (Å²) in [6.45, 7) is 5.13. The molecule has 1 aromatic rings. The van der Waals surface area contributed by atoms with E-state index in [0.29, 0.717) is 19.5 Å². The van der Waals surface area contributed by atoms with Crippen LogP contribution in [-0.2, 0) is 14.9 Å². The van der Waals surface area contributed by atoms with E-state index in [1.165, 1.54) is 5.56 Å². The van der Waals surface area contributed by atoms with E-state index in [1.54, 1.807) is 7.11 Å². The van der Waals surface area contributed by atoms with Gasteiger partial charge >= 0.3 is 0 Å². The summed E-state index contributed by atoms with van der Waals surface area (Å²) in [4.78, 5) is 11.8. The highest BCUT2D eigenvalue weighted by Crippen LogP contribution is 2.24. The second-order valence-electron chi connectivity index (χ2n) is 5.47. The van der Waals surface area contributed by atoms with Crippen molar-refractivity contribution in [1.29, 1.82) is 0 Å². The Kier molecular flexibility index (Phi) is 9.13. The van der Waals surface area contributed by atoms with Crippen molar-refractivity contribution in [2.45, 2.75) is 31.8 Å². The molecule has 120 valence electrons. The zero-order chi connectivity index (χ0) is 15.2. The van der Waals surface area contributed by atoms with Gasteiger partial charge in [0.2, 0.25) is 5.91 Å². The minimum Gasteiger partial charge on any atom is -0.380 e. The number of ether oxygens (including phenoxy) is 1. The molecule has 4 nitrogen and oxygen atoms in total. The zero-order valence-corrected chi connectivity index (χ0v) is 15.1. The van der Waals surface area contributed by atoms with Crippen LogP contribution < -0.4 is 11.1 Å². The molecular formula is C15H24BrClN2O2. The Bertz CT molecular complexity index is 434. The first kappa shape index (κ1) is 20.4. The molecule has 3 N–H and O–H groups in total. The fraction of sp³-hybridized carbons (Fsp3) is 0.533. The number of nitrogens with one attached hydrogen (secondary N) is 1. The Balaban J connectivity index is 0.00000400. The van der Waals surface area contributed by atoms with Crippen LogP contribution in [0.4, 0.5) is 0 Å². The largest absolute Gasteiger partial charge is 0.380 e. The van der Waals surface area contributed by atoms with E-state index in [-0.39, 0.29) is 29.8 Å². The van der Waals surface area contributed by atoms with Gasteiger partial charge < -0.3 is 15.8 Å². The average molecular weight is 380 g/mol. The lowest BCUT2D eigenvalue weighted by Crippen LogP contribution is -2.39. The number of carbonyl (C=O) groups is 1. The Labute approximate surface area is 141 Å². The van der Waals surface area contributed by atoms with Gasteiger partial charge in [-0.25, -0.2) is 0 Å². The van der Waals surface area contributed by atoms with Gasteiger partial charge in [-0.3, -0.25) is 4.79 Å². The normalized spacial score (nSPS) is 12.4. The first-order chi connectivity index (χ1) is 9.39. The van der Waals surface area contributed by atoms with Crippen LogP contribution in [0.25, 0.3) is 0 Å². The van der Waals surface area contributed by atoms with Crippen molar-refractivity contribution in [2.24, 2.45) is 5.73 Å². The number of hydrogen-bond acceptors (Lipinski definition) is 3. The van der Waals surface area contributed by atoms with Gasteiger partial charge in [0.25, 0.3) is 0 Å². The fourth-order valence-corrected chi connectivity index (χ4v) is 2.13. The van der Waals surface area contributed by atoms with Gasteiger partial charge in [-0.1, -0.05) is 41.9 Å². The molecule has 0 fully saturated rings. The average Bonchev–Trinajstić information content (AvgIpc) is 2.43. The molecule has 0 saturated heterocycles. The van der Waals surface area contributed by atoms with Crippen molar-refractivity contribution >= 4 is 34.2 Å². The molecule has 1 aromatic carbocycles. The summed E-state index contributed by atoms with van der Waals surface area (Å²) < 4.78 is 6.16. The zero-order valence-electron chi connectivity index (χ0n) is 12.7. The van der Waals surface area contributed by atoms with E-state index in [0.717, 1.165) is 4.47 Å². The Hall–Kier alpha value is -0.620. The van der Waals surface area contributed by atoms with Crippen LogP contribution in [0, 0.1) is 0 Å². The number of halogens is 2. The quantitative estimate of drug-likeness (QED) is 0.765. The summed E-state index contributed by atoms with van der Waals surface area (Å²) in [5, 5.41) is 2.95.